The van der Waals surface area contributed by atoms with Gasteiger partial charge in [0.25, 0.3) is 11.5 Å². The molecule has 1 aromatic heterocycles. The Balaban J connectivity index is 1.63. The third kappa shape index (κ3) is 3.78. The maximum absolute atomic E-state index is 12.8. The normalized spacial score (nSPS) is 10.6. The van der Waals surface area contributed by atoms with E-state index in [1.807, 2.05) is 55.5 Å². The SMILES string of the molecule is Cc1cccc(NC(=O)c2cccc3cc(Oc4cc[nH]c(=O)c4)ccc23)c1. The topological polar surface area (TPSA) is 71.2 Å². The minimum absolute atomic E-state index is 0.167. The van der Waals surface area contributed by atoms with Crippen LogP contribution in [0.4, 0.5) is 5.69 Å². The summed E-state index contributed by atoms with van der Waals surface area (Å²) in [5, 5.41) is 4.64. The summed E-state index contributed by atoms with van der Waals surface area (Å²) in [6.07, 6.45) is 1.53. The summed E-state index contributed by atoms with van der Waals surface area (Å²) in [6.45, 7) is 1.98. The van der Waals surface area contributed by atoms with Gasteiger partial charge in [-0.3, -0.25) is 9.59 Å². The average Bonchev–Trinajstić information content (AvgIpc) is 2.67. The number of anilines is 1. The molecule has 0 atom stereocenters. The van der Waals surface area contributed by atoms with Gasteiger partial charge in [-0.25, -0.2) is 0 Å². The van der Waals surface area contributed by atoms with Crippen LogP contribution < -0.4 is 15.6 Å². The first-order valence-corrected chi connectivity index (χ1v) is 8.86. The van der Waals surface area contributed by atoms with Crippen molar-refractivity contribution in [3.05, 3.63) is 100 Å². The molecule has 0 saturated heterocycles. The van der Waals surface area contributed by atoms with E-state index in [4.69, 9.17) is 4.74 Å². The number of aromatic nitrogens is 1. The fraction of sp³-hybridized carbons (Fsp3) is 0.0435. The molecule has 0 bridgehead atoms. The minimum atomic E-state index is -0.228. The minimum Gasteiger partial charge on any atom is -0.457 e. The predicted molar refractivity (Wildman–Crippen MR) is 110 cm³/mol. The fourth-order valence-electron chi connectivity index (χ4n) is 3.07. The summed E-state index contributed by atoms with van der Waals surface area (Å²) in [6, 6.07) is 21.8. The monoisotopic (exact) mass is 370 g/mol. The molecule has 1 amide bonds. The Morgan fingerprint density at radius 1 is 0.929 bits per heavy atom. The van der Waals surface area contributed by atoms with Gasteiger partial charge in [-0.15, -0.1) is 0 Å². The third-order valence-electron chi connectivity index (χ3n) is 4.35. The van der Waals surface area contributed by atoms with E-state index in [1.54, 1.807) is 18.2 Å². The lowest BCUT2D eigenvalue weighted by Gasteiger charge is -2.10. The smallest absolute Gasteiger partial charge is 0.256 e. The Kier molecular flexibility index (Phi) is 4.64. The molecule has 5 heteroatoms. The molecule has 0 fully saturated rings. The van der Waals surface area contributed by atoms with Crippen molar-refractivity contribution < 1.29 is 9.53 Å². The van der Waals surface area contributed by atoms with Gasteiger partial charge in [0.2, 0.25) is 0 Å². The van der Waals surface area contributed by atoms with E-state index < -0.39 is 0 Å². The van der Waals surface area contributed by atoms with Crippen molar-refractivity contribution in [2.75, 3.05) is 5.32 Å². The fourth-order valence-corrected chi connectivity index (χ4v) is 3.07. The number of hydrogen-bond acceptors (Lipinski definition) is 3. The highest BCUT2D eigenvalue weighted by Gasteiger charge is 2.11. The van der Waals surface area contributed by atoms with Crippen molar-refractivity contribution in [3.8, 4) is 11.5 Å². The van der Waals surface area contributed by atoms with Gasteiger partial charge in [-0.1, -0.05) is 24.3 Å². The highest BCUT2D eigenvalue weighted by molar-refractivity contribution is 6.13. The van der Waals surface area contributed by atoms with E-state index in [2.05, 4.69) is 10.3 Å². The first-order valence-electron chi connectivity index (χ1n) is 8.86. The van der Waals surface area contributed by atoms with Gasteiger partial charge in [0.15, 0.2) is 0 Å². The van der Waals surface area contributed by atoms with Gasteiger partial charge in [0.1, 0.15) is 11.5 Å². The molecule has 0 aliphatic carbocycles. The lowest BCUT2D eigenvalue weighted by Crippen LogP contribution is -2.12. The maximum Gasteiger partial charge on any atom is 0.256 e. The van der Waals surface area contributed by atoms with Crippen molar-refractivity contribution in [1.29, 1.82) is 0 Å². The Bertz CT molecular complexity index is 1230. The van der Waals surface area contributed by atoms with Gasteiger partial charge in [0, 0.05) is 23.5 Å². The van der Waals surface area contributed by atoms with Crippen LogP contribution in [0.3, 0.4) is 0 Å². The Morgan fingerprint density at radius 3 is 2.57 bits per heavy atom. The molecule has 0 unspecified atom stereocenters. The van der Waals surface area contributed by atoms with Gasteiger partial charge in [-0.05, 0) is 65.7 Å². The van der Waals surface area contributed by atoms with Gasteiger partial charge >= 0.3 is 0 Å². The summed E-state index contributed by atoms with van der Waals surface area (Å²) < 4.78 is 5.76. The van der Waals surface area contributed by atoms with Crippen LogP contribution in [0, 0.1) is 6.92 Å². The second-order valence-electron chi connectivity index (χ2n) is 6.50. The van der Waals surface area contributed by atoms with Crippen LogP contribution in [0.2, 0.25) is 0 Å². The second kappa shape index (κ2) is 7.40. The number of H-pyrrole nitrogens is 1. The van der Waals surface area contributed by atoms with Crippen molar-refractivity contribution >= 4 is 22.4 Å². The number of aromatic amines is 1. The number of aryl methyl sites for hydroxylation is 1. The van der Waals surface area contributed by atoms with Crippen LogP contribution in [0.5, 0.6) is 11.5 Å². The standard InChI is InChI=1S/C23H18N2O3/c1-15-4-2-6-17(12-15)25-23(27)21-7-3-5-16-13-18(8-9-20(16)21)28-19-10-11-24-22(26)14-19/h2-14H,1H3,(H,24,26)(H,25,27). The molecule has 4 rings (SSSR count). The van der Waals surface area contributed by atoms with Crippen LogP contribution in [0.25, 0.3) is 10.8 Å². The summed E-state index contributed by atoms with van der Waals surface area (Å²) in [5.41, 5.74) is 2.20. The Hall–Kier alpha value is -3.86. The van der Waals surface area contributed by atoms with E-state index >= 15 is 0 Å². The molecule has 0 aliphatic heterocycles. The van der Waals surface area contributed by atoms with E-state index in [0.717, 1.165) is 22.0 Å². The number of benzene rings is 3. The molecule has 0 saturated carbocycles. The van der Waals surface area contributed by atoms with Crippen LogP contribution in [0.15, 0.2) is 83.8 Å². The summed E-state index contributed by atoms with van der Waals surface area (Å²) in [5.74, 6) is 0.880. The van der Waals surface area contributed by atoms with Crippen LogP contribution >= 0.6 is 0 Å². The quantitative estimate of drug-likeness (QED) is 0.538. The lowest BCUT2D eigenvalue weighted by molar-refractivity contribution is 0.102. The highest BCUT2D eigenvalue weighted by Crippen LogP contribution is 2.27. The first-order chi connectivity index (χ1) is 13.6. The number of carbonyl (C=O) groups excluding carboxylic acids is 1. The number of pyridine rings is 1. The van der Waals surface area contributed by atoms with Crippen molar-refractivity contribution in [2.24, 2.45) is 0 Å². The molecule has 0 aliphatic rings. The van der Waals surface area contributed by atoms with Gasteiger partial charge < -0.3 is 15.0 Å². The zero-order valence-corrected chi connectivity index (χ0v) is 15.2. The van der Waals surface area contributed by atoms with Crippen LogP contribution in [-0.4, -0.2) is 10.9 Å². The van der Waals surface area contributed by atoms with Gasteiger partial charge in [0.05, 0.1) is 0 Å². The second-order valence-corrected chi connectivity index (χ2v) is 6.50. The van der Waals surface area contributed by atoms with Crippen LogP contribution in [0.1, 0.15) is 15.9 Å². The lowest BCUT2D eigenvalue weighted by atomic mass is 10.0. The molecule has 0 radical (unpaired) electrons. The highest BCUT2D eigenvalue weighted by atomic mass is 16.5. The third-order valence-corrected chi connectivity index (χ3v) is 4.35. The number of rotatable bonds is 4. The Labute approximate surface area is 161 Å². The number of ether oxygens (including phenoxy) is 1. The molecule has 2 N–H and O–H groups in total. The first kappa shape index (κ1) is 17.5. The number of hydrogen-bond donors (Lipinski definition) is 2. The molecule has 0 spiro atoms. The van der Waals surface area contributed by atoms with E-state index in [9.17, 15) is 9.59 Å². The van der Waals surface area contributed by atoms with Crippen LogP contribution in [-0.2, 0) is 0 Å². The van der Waals surface area contributed by atoms with E-state index in [1.165, 1.54) is 12.3 Å². The number of amides is 1. The van der Waals surface area contributed by atoms with E-state index in [-0.39, 0.29) is 11.5 Å². The number of fused-ring (bicyclic) bond motifs is 1. The maximum atomic E-state index is 12.8. The molecule has 138 valence electrons. The average molecular weight is 370 g/mol. The summed E-state index contributed by atoms with van der Waals surface area (Å²) >= 11 is 0. The molecule has 5 nitrogen and oxygen atoms in total. The van der Waals surface area contributed by atoms with Crippen molar-refractivity contribution in [1.82, 2.24) is 4.98 Å². The van der Waals surface area contributed by atoms with E-state index in [0.29, 0.717) is 17.1 Å². The zero-order valence-electron chi connectivity index (χ0n) is 15.2. The molecule has 3 aromatic carbocycles. The predicted octanol–water partition coefficient (Wildman–Crippen LogP) is 4.88. The largest absolute Gasteiger partial charge is 0.457 e. The molecule has 1 heterocycles. The zero-order chi connectivity index (χ0) is 19.5. The molecule has 4 aromatic rings. The van der Waals surface area contributed by atoms with Gasteiger partial charge in [-0.2, -0.15) is 0 Å². The molecular weight excluding hydrogens is 352 g/mol. The van der Waals surface area contributed by atoms with Crippen molar-refractivity contribution in [3.63, 3.8) is 0 Å². The van der Waals surface area contributed by atoms with Crippen molar-refractivity contribution in [2.45, 2.75) is 6.92 Å². The number of nitrogens with one attached hydrogen (secondary N) is 2. The summed E-state index contributed by atoms with van der Waals surface area (Å²) in [4.78, 5) is 26.7. The Morgan fingerprint density at radius 2 is 1.75 bits per heavy atom. The molecule has 28 heavy (non-hydrogen) atoms. The number of carbonyl (C=O) groups is 1. The summed E-state index contributed by atoms with van der Waals surface area (Å²) in [7, 11) is 0. The molecular formula is C23H18N2O3.